The van der Waals surface area contributed by atoms with Gasteiger partial charge in [0.2, 0.25) is 0 Å². The van der Waals surface area contributed by atoms with Crippen LogP contribution < -0.4 is 0 Å². The van der Waals surface area contributed by atoms with Gasteiger partial charge >= 0.3 is 17.9 Å². The van der Waals surface area contributed by atoms with E-state index in [1.165, 1.54) is 20.8 Å². The van der Waals surface area contributed by atoms with E-state index in [1.54, 1.807) is 0 Å². The summed E-state index contributed by atoms with van der Waals surface area (Å²) in [5.41, 5.74) is 0. The van der Waals surface area contributed by atoms with Crippen molar-refractivity contribution in [3.8, 4) is 0 Å². The quantitative estimate of drug-likeness (QED) is 0.301. The van der Waals surface area contributed by atoms with Crippen LogP contribution in [0.5, 0.6) is 0 Å². The monoisotopic (exact) mass is 398 g/mol. The lowest BCUT2D eigenvalue weighted by Crippen LogP contribution is -2.40. The average Bonchev–Trinajstić information content (AvgIpc) is 2.52. The summed E-state index contributed by atoms with van der Waals surface area (Å²) < 4.78 is 15.7. The maximum Gasteiger partial charge on any atom is 0.313 e. The molecule has 0 bridgehead atoms. The SMILES string of the molecule is CC(=O)CC(=O)OCC1CC(OC(=O)CC(C)=O)CCC1OC(=O)CC(C)=O. The number of ketones is 3. The molecule has 0 aromatic heterocycles. The zero-order valence-corrected chi connectivity index (χ0v) is 16.4. The van der Waals surface area contributed by atoms with Crippen LogP contribution in [0.25, 0.3) is 0 Å². The topological polar surface area (TPSA) is 130 Å². The van der Waals surface area contributed by atoms with E-state index in [9.17, 15) is 28.8 Å². The molecule has 28 heavy (non-hydrogen) atoms. The van der Waals surface area contributed by atoms with Gasteiger partial charge in [-0.25, -0.2) is 0 Å². The van der Waals surface area contributed by atoms with Crippen LogP contribution in [0.15, 0.2) is 0 Å². The number of hydrogen-bond acceptors (Lipinski definition) is 9. The highest BCUT2D eigenvalue weighted by atomic mass is 16.6. The Bertz CT molecular complexity index is 637. The van der Waals surface area contributed by atoms with Gasteiger partial charge in [0.25, 0.3) is 0 Å². The second-order valence-electron chi connectivity index (χ2n) is 7.03. The van der Waals surface area contributed by atoms with Gasteiger partial charge in [-0.15, -0.1) is 0 Å². The van der Waals surface area contributed by atoms with Crippen LogP contribution in [0.2, 0.25) is 0 Å². The molecule has 0 N–H and O–H groups in total. The van der Waals surface area contributed by atoms with Crippen LogP contribution in [0, 0.1) is 5.92 Å². The van der Waals surface area contributed by atoms with Crippen LogP contribution in [-0.2, 0) is 43.0 Å². The lowest BCUT2D eigenvalue weighted by atomic mass is 9.85. The number of hydrogen-bond donors (Lipinski definition) is 0. The molecule has 0 aromatic carbocycles. The number of esters is 3. The molecular formula is C19H26O9. The Morgan fingerprint density at radius 2 is 1.21 bits per heavy atom. The minimum absolute atomic E-state index is 0.120. The Hall–Kier alpha value is -2.58. The summed E-state index contributed by atoms with van der Waals surface area (Å²) in [5.74, 6) is -3.46. The van der Waals surface area contributed by atoms with Gasteiger partial charge in [-0.3, -0.25) is 28.8 Å². The third kappa shape index (κ3) is 9.38. The molecule has 0 saturated heterocycles. The van der Waals surface area contributed by atoms with Crippen LogP contribution in [0.1, 0.15) is 59.3 Å². The van der Waals surface area contributed by atoms with Crippen LogP contribution in [0.3, 0.4) is 0 Å². The first-order valence-corrected chi connectivity index (χ1v) is 9.09. The van der Waals surface area contributed by atoms with E-state index in [0.29, 0.717) is 12.8 Å². The van der Waals surface area contributed by atoms with Crippen molar-refractivity contribution in [3.05, 3.63) is 0 Å². The van der Waals surface area contributed by atoms with E-state index in [0.717, 1.165) is 0 Å². The molecule has 0 spiro atoms. The minimum Gasteiger partial charge on any atom is -0.465 e. The summed E-state index contributed by atoms with van der Waals surface area (Å²) in [5, 5.41) is 0. The highest BCUT2D eigenvalue weighted by molar-refractivity contribution is 5.95. The summed E-state index contributed by atoms with van der Waals surface area (Å²) in [6.07, 6.45) is -1.16. The van der Waals surface area contributed by atoms with Gasteiger partial charge in [-0.1, -0.05) is 0 Å². The Balaban J connectivity index is 2.71. The molecule has 1 aliphatic rings. The number of Topliss-reactive ketones (excluding diaryl/α,β-unsaturated/α-hetero) is 3. The lowest BCUT2D eigenvalue weighted by molar-refractivity contribution is -0.168. The summed E-state index contributed by atoms with van der Waals surface area (Å²) >= 11 is 0. The van der Waals surface area contributed by atoms with E-state index in [1.807, 2.05) is 0 Å². The normalized spacial score (nSPS) is 21.3. The summed E-state index contributed by atoms with van der Waals surface area (Å²) in [4.78, 5) is 68.2. The van der Waals surface area contributed by atoms with Gasteiger partial charge in [0.15, 0.2) is 0 Å². The average molecular weight is 398 g/mol. The highest BCUT2D eigenvalue weighted by Gasteiger charge is 2.36. The summed E-state index contributed by atoms with van der Waals surface area (Å²) in [7, 11) is 0. The predicted molar refractivity (Wildman–Crippen MR) is 94.0 cm³/mol. The number of carbonyl (C=O) groups excluding carboxylic acids is 6. The molecule has 0 heterocycles. The molecule has 9 heteroatoms. The Kier molecular flexibility index (Phi) is 9.47. The fraction of sp³-hybridized carbons (Fsp3) is 0.684. The third-order valence-electron chi connectivity index (χ3n) is 4.08. The first kappa shape index (κ1) is 23.5. The second kappa shape index (κ2) is 11.3. The first-order chi connectivity index (χ1) is 13.1. The molecule has 1 fully saturated rings. The zero-order valence-electron chi connectivity index (χ0n) is 16.4. The van der Waals surface area contributed by atoms with Gasteiger partial charge in [-0.05, 0) is 40.0 Å². The minimum atomic E-state index is -0.697. The zero-order chi connectivity index (χ0) is 21.3. The molecule has 3 atom stereocenters. The van der Waals surface area contributed by atoms with Crippen LogP contribution in [0.4, 0.5) is 0 Å². The van der Waals surface area contributed by atoms with Crippen molar-refractivity contribution in [3.63, 3.8) is 0 Å². The van der Waals surface area contributed by atoms with E-state index >= 15 is 0 Å². The molecule has 156 valence electrons. The Labute approximate surface area is 163 Å². The van der Waals surface area contributed by atoms with Crippen molar-refractivity contribution in [1.29, 1.82) is 0 Å². The Morgan fingerprint density at radius 1 is 0.714 bits per heavy atom. The standard InChI is InChI=1S/C19H26O9/c1-11(20)6-17(23)26-10-14-9-15(27-18(24)7-12(2)21)4-5-16(14)28-19(25)8-13(3)22/h14-16H,4-10H2,1-3H3. The van der Waals surface area contributed by atoms with Crippen LogP contribution >= 0.6 is 0 Å². The van der Waals surface area contributed by atoms with Gasteiger partial charge in [0.05, 0.1) is 6.61 Å². The van der Waals surface area contributed by atoms with Crippen molar-refractivity contribution < 1.29 is 43.0 Å². The summed E-state index contributed by atoms with van der Waals surface area (Å²) in [6.45, 7) is 3.70. The molecule has 0 aromatic rings. The van der Waals surface area contributed by atoms with Crippen molar-refractivity contribution >= 4 is 35.3 Å². The Morgan fingerprint density at radius 3 is 1.75 bits per heavy atom. The molecule has 0 aliphatic heterocycles. The molecule has 0 radical (unpaired) electrons. The first-order valence-electron chi connectivity index (χ1n) is 9.09. The molecule has 1 aliphatic carbocycles. The van der Waals surface area contributed by atoms with E-state index in [-0.39, 0.29) is 49.6 Å². The van der Waals surface area contributed by atoms with Crippen molar-refractivity contribution in [2.45, 2.75) is 71.5 Å². The second-order valence-corrected chi connectivity index (χ2v) is 7.03. The maximum atomic E-state index is 11.8. The molecule has 1 rings (SSSR count). The largest absolute Gasteiger partial charge is 0.465 e. The fourth-order valence-corrected chi connectivity index (χ4v) is 2.93. The van der Waals surface area contributed by atoms with E-state index in [2.05, 4.69) is 0 Å². The smallest absolute Gasteiger partial charge is 0.313 e. The van der Waals surface area contributed by atoms with Gasteiger partial charge in [0, 0.05) is 5.92 Å². The van der Waals surface area contributed by atoms with Gasteiger partial charge in [0.1, 0.15) is 48.8 Å². The molecule has 1 saturated carbocycles. The van der Waals surface area contributed by atoms with Gasteiger partial charge in [-0.2, -0.15) is 0 Å². The molecule has 0 amide bonds. The van der Waals surface area contributed by atoms with E-state index in [4.69, 9.17) is 14.2 Å². The molecular weight excluding hydrogens is 372 g/mol. The highest BCUT2D eigenvalue weighted by Crippen LogP contribution is 2.30. The lowest BCUT2D eigenvalue weighted by Gasteiger charge is -2.35. The number of carbonyl (C=O) groups is 6. The summed E-state index contributed by atoms with van der Waals surface area (Å²) in [6, 6.07) is 0. The number of ether oxygens (including phenoxy) is 3. The van der Waals surface area contributed by atoms with E-state index < -0.39 is 36.0 Å². The number of rotatable bonds is 10. The molecule has 3 unspecified atom stereocenters. The van der Waals surface area contributed by atoms with Crippen LogP contribution in [-0.4, -0.2) is 54.1 Å². The third-order valence-corrected chi connectivity index (χ3v) is 4.08. The maximum absolute atomic E-state index is 11.8. The van der Waals surface area contributed by atoms with Gasteiger partial charge < -0.3 is 14.2 Å². The van der Waals surface area contributed by atoms with Crippen molar-refractivity contribution in [2.75, 3.05) is 6.61 Å². The molecule has 9 nitrogen and oxygen atoms in total. The fourth-order valence-electron chi connectivity index (χ4n) is 2.93. The van der Waals surface area contributed by atoms with Crippen molar-refractivity contribution in [2.24, 2.45) is 5.92 Å². The van der Waals surface area contributed by atoms with Crippen molar-refractivity contribution in [1.82, 2.24) is 0 Å². The predicted octanol–water partition coefficient (Wildman–Crippen LogP) is 1.09.